The summed E-state index contributed by atoms with van der Waals surface area (Å²) in [5, 5.41) is 3.31. The summed E-state index contributed by atoms with van der Waals surface area (Å²) in [6.45, 7) is 4.08. The van der Waals surface area contributed by atoms with E-state index in [1.54, 1.807) is 0 Å². The number of hydrogen-bond acceptors (Lipinski definition) is 3. The maximum Gasteiger partial charge on any atom is 0.226 e. The Kier molecular flexibility index (Phi) is 6.21. The summed E-state index contributed by atoms with van der Waals surface area (Å²) < 4.78 is 0. The van der Waals surface area contributed by atoms with E-state index in [1.165, 1.54) is 0 Å². The Morgan fingerprint density at radius 2 is 2.38 bits per heavy atom. The van der Waals surface area contributed by atoms with Crippen LogP contribution in [0.25, 0.3) is 0 Å². The van der Waals surface area contributed by atoms with Gasteiger partial charge in [0.15, 0.2) is 0 Å². The fourth-order valence-electron chi connectivity index (χ4n) is 2.23. The Balaban J connectivity index is 2.49. The molecule has 3 nitrogen and oxygen atoms in total. The number of nitrogens with zero attached hydrogens (tertiary/aromatic N) is 1. The molecule has 0 aromatic rings. The predicted molar refractivity (Wildman–Crippen MR) is 70.8 cm³/mol. The fraction of sp³-hybridized carbons (Fsp3) is 0.917. The second-order valence-corrected chi connectivity index (χ2v) is 5.42. The number of carbonyl (C=O) groups is 1. The highest BCUT2D eigenvalue weighted by Crippen LogP contribution is 2.16. The lowest BCUT2D eigenvalue weighted by atomic mass is 9.97. The van der Waals surface area contributed by atoms with E-state index in [0.29, 0.717) is 11.9 Å². The first-order valence-corrected chi connectivity index (χ1v) is 7.56. The zero-order valence-corrected chi connectivity index (χ0v) is 11.5. The highest BCUT2D eigenvalue weighted by molar-refractivity contribution is 7.98. The van der Waals surface area contributed by atoms with Gasteiger partial charge in [-0.3, -0.25) is 4.79 Å². The van der Waals surface area contributed by atoms with Gasteiger partial charge in [0.1, 0.15) is 0 Å². The van der Waals surface area contributed by atoms with Gasteiger partial charge in [-0.05, 0) is 32.1 Å². The van der Waals surface area contributed by atoms with E-state index in [9.17, 15) is 4.79 Å². The number of amides is 1. The lowest BCUT2D eigenvalue weighted by Crippen LogP contribution is -2.46. The van der Waals surface area contributed by atoms with Crippen LogP contribution in [0.4, 0.5) is 0 Å². The molecule has 1 aliphatic heterocycles. The van der Waals surface area contributed by atoms with Crippen molar-refractivity contribution in [2.45, 2.75) is 32.2 Å². The topological polar surface area (TPSA) is 32.3 Å². The van der Waals surface area contributed by atoms with Gasteiger partial charge in [-0.1, -0.05) is 6.92 Å². The Labute approximate surface area is 103 Å². The smallest absolute Gasteiger partial charge is 0.226 e. The number of thioether (sulfide) groups is 1. The molecule has 1 fully saturated rings. The lowest BCUT2D eigenvalue weighted by molar-refractivity contribution is -0.136. The van der Waals surface area contributed by atoms with Crippen molar-refractivity contribution in [2.75, 3.05) is 32.1 Å². The molecule has 1 N–H and O–H groups in total. The van der Waals surface area contributed by atoms with Crippen LogP contribution in [0.15, 0.2) is 0 Å². The summed E-state index contributed by atoms with van der Waals surface area (Å²) >= 11 is 1.82. The molecular weight excluding hydrogens is 220 g/mol. The molecule has 1 unspecified atom stereocenters. The average molecular weight is 244 g/mol. The standard InChI is InChI=1S/C12H24N2OS/c1-4-11(9-16-3)14(2)12(15)10-6-5-7-13-8-10/h10-11,13H,4-9H2,1-3H3/t10-,11?/m1/s1. The molecule has 1 rings (SSSR count). The first-order chi connectivity index (χ1) is 7.70. The zero-order chi connectivity index (χ0) is 12.0. The van der Waals surface area contributed by atoms with Crippen LogP contribution < -0.4 is 5.32 Å². The van der Waals surface area contributed by atoms with Crippen LogP contribution in [0.2, 0.25) is 0 Å². The van der Waals surface area contributed by atoms with Gasteiger partial charge in [-0.25, -0.2) is 0 Å². The van der Waals surface area contributed by atoms with E-state index >= 15 is 0 Å². The third-order valence-electron chi connectivity index (χ3n) is 3.37. The first-order valence-electron chi connectivity index (χ1n) is 6.17. The second-order valence-electron chi connectivity index (χ2n) is 4.51. The minimum atomic E-state index is 0.203. The predicted octanol–water partition coefficient (Wildman–Crippen LogP) is 1.59. The fourth-order valence-corrected chi connectivity index (χ4v) is 3.07. The van der Waals surface area contributed by atoms with Gasteiger partial charge < -0.3 is 10.2 Å². The molecule has 0 aromatic heterocycles. The highest BCUT2D eigenvalue weighted by Gasteiger charge is 2.26. The van der Waals surface area contributed by atoms with Gasteiger partial charge in [-0.15, -0.1) is 0 Å². The van der Waals surface area contributed by atoms with Crippen molar-refractivity contribution >= 4 is 17.7 Å². The quantitative estimate of drug-likeness (QED) is 0.797. The largest absolute Gasteiger partial charge is 0.342 e. The van der Waals surface area contributed by atoms with Crippen molar-refractivity contribution in [3.05, 3.63) is 0 Å². The van der Waals surface area contributed by atoms with E-state index in [4.69, 9.17) is 0 Å². The first kappa shape index (κ1) is 13.8. The molecule has 1 aliphatic rings. The van der Waals surface area contributed by atoms with E-state index in [-0.39, 0.29) is 5.92 Å². The Bertz CT molecular complexity index is 217. The molecule has 0 saturated carbocycles. The maximum atomic E-state index is 12.2. The van der Waals surface area contributed by atoms with Crippen LogP contribution in [0.1, 0.15) is 26.2 Å². The van der Waals surface area contributed by atoms with Gasteiger partial charge in [-0.2, -0.15) is 11.8 Å². The molecule has 1 saturated heterocycles. The number of carbonyl (C=O) groups excluding carboxylic acids is 1. The minimum absolute atomic E-state index is 0.203. The number of nitrogens with one attached hydrogen (secondary N) is 1. The van der Waals surface area contributed by atoms with E-state index < -0.39 is 0 Å². The molecule has 0 aromatic carbocycles. The van der Waals surface area contributed by atoms with Crippen molar-refractivity contribution in [1.29, 1.82) is 0 Å². The Hall–Kier alpha value is -0.220. The molecule has 1 heterocycles. The SMILES string of the molecule is CCC(CSC)N(C)C(=O)[C@@H]1CCCNC1. The molecule has 0 aliphatic carbocycles. The van der Waals surface area contributed by atoms with Crippen LogP contribution in [0.5, 0.6) is 0 Å². The molecule has 0 spiro atoms. The third-order valence-corrected chi connectivity index (χ3v) is 4.09. The summed E-state index contributed by atoms with van der Waals surface area (Å²) in [7, 11) is 1.96. The van der Waals surface area contributed by atoms with Crippen LogP contribution >= 0.6 is 11.8 Å². The van der Waals surface area contributed by atoms with E-state index in [0.717, 1.165) is 38.1 Å². The molecule has 94 valence electrons. The molecule has 4 heteroatoms. The van der Waals surface area contributed by atoms with Gasteiger partial charge in [0.2, 0.25) is 5.91 Å². The van der Waals surface area contributed by atoms with Crippen molar-refractivity contribution in [2.24, 2.45) is 5.92 Å². The molecular formula is C12H24N2OS. The minimum Gasteiger partial charge on any atom is -0.342 e. The van der Waals surface area contributed by atoms with Gasteiger partial charge >= 0.3 is 0 Å². The van der Waals surface area contributed by atoms with Crippen LogP contribution in [-0.4, -0.2) is 49.0 Å². The number of piperidine rings is 1. The Morgan fingerprint density at radius 3 is 2.88 bits per heavy atom. The molecule has 1 amide bonds. The summed E-state index contributed by atoms with van der Waals surface area (Å²) in [4.78, 5) is 14.2. The van der Waals surface area contributed by atoms with Crippen molar-refractivity contribution in [3.63, 3.8) is 0 Å². The second kappa shape index (κ2) is 7.17. The monoisotopic (exact) mass is 244 g/mol. The average Bonchev–Trinajstić information content (AvgIpc) is 2.35. The third kappa shape index (κ3) is 3.67. The van der Waals surface area contributed by atoms with Crippen molar-refractivity contribution in [1.82, 2.24) is 10.2 Å². The molecule has 0 bridgehead atoms. The van der Waals surface area contributed by atoms with Gasteiger partial charge in [0.05, 0.1) is 5.92 Å². The van der Waals surface area contributed by atoms with Crippen LogP contribution in [0.3, 0.4) is 0 Å². The molecule has 2 atom stereocenters. The lowest BCUT2D eigenvalue weighted by Gasteiger charge is -2.32. The normalized spacial score (nSPS) is 22.8. The van der Waals surface area contributed by atoms with Gasteiger partial charge in [0.25, 0.3) is 0 Å². The maximum absolute atomic E-state index is 12.2. The summed E-state index contributed by atoms with van der Waals surface area (Å²) in [5.41, 5.74) is 0. The molecule has 16 heavy (non-hydrogen) atoms. The number of hydrogen-bond donors (Lipinski definition) is 1. The summed E-state index contributed by atoms with van der Waals surface area (Å²) in [5.74, 6) is 1.57. The number of rotatable bonds is 5. The summed E-state index contributed by atoms with van der Waals surface area (Å²) in [6, 6.07) is 0.393. The van der Waals surface area contributed by atoms with Gasteiger partial charge in [0, 0.05) is 25.4 Å². The zero-order valence-electron chi connectivity index (χ0n) is 10.7. The van der Waals surface area contributed by atoms with E-state index in [1.807, 2.05) is 23.7 Å². The van der Waals surface area contributed by atoms with Crippen molar-refractivity contribution < 1.29 is 4.79 Å². The Morgan fingerprint density at radius 1 is 1.62 bits per heavy atom. The van der Waals surface area contributed by atoms with Crippen LogP contribution in [-0.2, 0) is 4.79 Å². The van der Waals surface area contributed by atoms with Crippen LogP contribution in [0, 0.1) is 5.92 Å². The highest BCUT2D eigenvalue weighted by atomic mass is 32.2. The van der Waals surface area contributed by atoms with Crippen molar-refractivity contribution in [3.8, 4) is 0 Å². The van der Waals surface area contributed by atoms with E-state index in [2.05, 4.69) is 18.5 Å². The molecule has 0 radical (unpaired) electrons. The summed E-state index contributed by atoms with van der Waals surface area (Å²) in [6.07, 6.45) is 5.32.